The number of benzene rings is 1. The van der Waals surface area contributed by atoms with E-state index in [1.54, 1.807) is 6.07 Å². The van der Waals surface area contributed by atoms with Gasteiger partial charge in [0.2, 0.25) is 0 Å². The zero-order valence-electron chi connectivity index (χ0n) is 17.6. The maximum Gasteiger partial charge on any atom is 0.273 e. The van der Waals surface area contributed by atoms with Gasteiger partial charge in [0, 0.05) is 24.1 Å². The molecule has 3 aromatic rings. The highest BCUT2D eigenvalue weighted by Gasteiger charge is 2.21. The van der Waals surface area contributed by atoms with Crippen molar-refractivity contribution in [3.8, 4) is 11.3 Å². The summed E-state index contributed by atoms with van der Waals surface area (Å²) in [6, 6.07) is 7.33. The monoisotopic (exact) mass is 430 g/mol. The molecule has 1 N–H and O–H groups in total. The Kier molecular flexibility index (Phi) is 6.94. The molecule has 0 bridgehead atoms. The molecule has 7 nitrogen and oxygen atoms in total. The first-order valence-electron chi connectivity index (χ1n) is 10.1. The molecule has 1 aromatic carbocycles. The molecule has 0 aliphatic rings. The van der Waals surface area contributed by atoms with Gasteiger partial charge in [-0.2, -0.15) is 5.10 Å². The molecule has 0 spiro atoms. The Morgan fingerprint density at radius 2 is 1.94 bits per heavy atom. The van der Waals surface area contributed by atoms with Crippen LogP contribution < -0.4 is 10.9 Å². The third kappa shape index (κ3) is 5.42. The fourth-order valence-electron chi connectivity index (χ4n) is 3.03. The number of aryl methyl sites for hydroxylation is 1. The van der Waals surface area contributed by atoms with Gasteiger partial charge in [0.1, 0.15) is 5.76 Å². The number of nitrogens with zero attached hydrogens (tertiary/aromatic N) is 3. The second-order valence-corrected chi connectivity index (χ2v) is 7.62. The molecule has 0 saturated carbocycles. The van der Waals surface area contributed by atoms with Crippen LogP contribution in [0.5, 0.6) is 0 Å². The number of rotatable bonds is 8. The van der Waals surface area contributed by atoms with Crippen LogP contribution >= 0.6 is 0 Å². The molecule has 9 heteroatoms. The highest BCUT2D eigenvalue weighted by molar-refractivity contribution is 5.92. The third-order valence-electron chi connectivity index (χ3n) is 4.86. The Bertz CT molecular complexity index is 1120. The van der Waals surface area contributed by atoms with Gasteiger partial charge in [-0.15, -0.1) is 0 Å². The maximum absolute atomic E-state index is 13.6. The zero-order valence-corrected chi connectivity index (χ0v) is 17.6. The van der Waals surface area contributed by atoms with Crippen LogP contribution in [0, 0.1) is 17.6 Å². The Morgan fingerprint density at radius 3 is 2.61 bits per heavy atom. The van der Waals surface area contributed by atoms with Gasteiger partial charge in [0.05, 0.1) is 18.3 Å². The lowest BCUT2D eigenvalue weighted by Gasteiger charge is -2.22. The van der Waals surface area contributed by atoms with Crippen molar-refractivity contribution in [3.63, 3.8) is 0 Å². The minimum absolute atomic E-state index is 0.0217. The molecule has 0 aliphatic heterocycles. The van der Waals surface area contributed by atoms with Gasteiger partial charge in [-0.05, 0) is 36.6 Å². The van der Waals surface area contributed by atoms with Gasteiger partial charge in [-0.25, -0.2) is 13.5 Å². The number of aromatic nitrogens is 3. The molecular weight excluding hydrogens is 406 g/mol. The molecule has 2 heterocycles. The number of halogens is 2. The Balaban J connectivity index is 1.81. The van der Waals surface area contributed by atoms with Crippen LogP contribution in [0.3, 0.4) is 0 Å². The standard InChI is InChI=1S/C22H24F2N4O3/c1-4-5-15-11-19(27-31-15)22(30)25-20(13(2)3)12-28-21(29)9-8-18(26-28)14-6-7-16(23)17(24)10-14/h6-11,13,20H,4-5,12H2,1-3H3,(H,25,30)/t20-/m1/s1. The molecule has 2 aromatic heterocycles. The lowest BCUT2D eigenvalue weighted by atomic mass is 10.0. The van der Waals surface area contributed by atoms with E-state index in [0.29, 0.717) is 23.4 Å². The molecule has 164 valence electrons. The van der Waals surface area contributed by atoms with Crippen molar-refractivity contribution in [2.45, 2.75) is 46.2 Å². The number of hydrogen-bond donors (Lipinski definition) is 1. The summed E-state index contributed by atoms with van der Waals surface area (Å²) in [4.78, 5) is 24.9. The molecule has 1 amide bonds. The molecule has 0 unspecified atom stereocenters. The van der Waals surface area contributed by atoms with E-state index < -0.39 is 23.6 Å². The second kappa shape index (κ2) is 9.63. The maximum atomic E-state index is 13.6. The lowest BCUT2D eigenvalue weighted by Crippen LogP contribution is -2.44. The van der Waals surface area contributed by atoms with Gasteiger partial charge < -0.3 is 9.84 Å². The zero-order chi connectivity index (χ0) is 22.5. The van der Waals surface area contributed by atoms with E-state index >= 15 is 0 Å². The first-order valence-corrected chi connectivity index (χ1v) is 10.1. The summed E-state index contributed by atoms with van der Waals surface area (Å²) < 4.78 is 33.2. The van der Waals surface area contributed by atoms with Crippen molar-refractivity contribution in [1.82, 2.24) is 20.3 Å². The van der Waals surface area contributed by atoms with Gasteiger partial charge in [0.25, 0.3) is 11.5 Å². The van der Waals surface area contributed by atoms with Crippen LogP contribution in [0.15, 0.2) is 45.7 Å². The number of carbonyl (C=O) groups is 1. The van der Waals surface area contributed by atoms with Gasteiger partial charge in [0.15, 0.2) is 17.3 Å². The SMILES string of the molecule is CCCc1cc(C(=O)N[C@H](Cn2nc(-c3ccc(F)c(F)c3)ccc2=O)C(C)C)no1. The largest absolute Gasteiger partial charge is 0.361 e. The van der Waals surface area contributed by atoms with Crippen LogP contribution in [0.25, 0.3) is 11.3 Å². The van der Waals surface area contributed by atoms with Crippen molar-refractivity contribution >= 4 is 5.91 Å². The Hall–Kier alpha value is -3.36. The smallest absolute Gasteiger partial charge is 0.273 e. The molecule has 0 saturated heterocycles. The first-order chi connectivity index (χ1) is 14.8. The Labute approximate surface area is 178 Å². The van der Waals surface area contributed by atoms with E-state index in [-0.39, 0.29) is 23.7 Å². The minimum atomic E-state index is -1.00. The van der Waals surface area contributed by atoms with E-state index in [1.165, 1.54) is 22.9 Å². The quantitative estimate of drug-likeness (QED) is 0.590. The lowest BCUT2D eigenvalue weighted by molar-refractivity contribution is 0.0909. The predicted octanol–water partition coefficient (Wildman–Crippen LogP) is 3.58. The highest BCUT2D eigenvalue weighted by Crippen LogP contribution is 2.18. The molecule has 1 atom stereocenters. The van der Waals surface area contributed by atoms with Gasteiger partial charge in [-0.3, -0.25) is 9.59 Å². The summed E-state index contributed by atoms with van der Waals surface area (Å²) in [5.74, 6) is -1.76. The van der Waals surface area contributed by atoms with Crippen molar-refractivity contribution in [1.29, 1.82) is 0 Å². The summed E-state index contributed by atoms with van der Waals surface area (Å²) in [5.41, 5.74) is 0.444. The van der Waals surface area contributed by atoms with E-state index in [0.717, 1.165) is 18.6 Å². The molecule has 3 rings (SSSR count). The minimum Gasteiger partial charge on any atom is -0.361 e. The van der Waals surface area contributed by atoms with Crippen LogP contribution in [0.2, 0.25) is 0 Å². The fraction of sp³-hybridized carbons (Fsp3) is 0.364. The average Bonchev–Trinajstić information content (AvgIpc) is 3.20. The van der Waals surface area contributed by atoms with E-state index in [9.17, 15) is 18.4 Å². The number of carbonyl (C=O) groups excluding carboxylic acids is 1. The average molecular weight is 430 g/mol. The summed E-state index contributed by atoms with van der Waals surface area (Å²) in [7, 11) is 0. The molecule has 0 radical (unpaired) electrons. The number of nitrogens with one attached hydrogen (secondary N) is 1. The predicted molar refractivity (Wildman–Crippen MR) is 110 cm³/mol. The number of hydrogen-bond acceptors (Lipinski definition) is 5. The summed E-state index contributed by atoms with van der Waals surface area (Å²) in [6.45, 7) is 5.90. The van der Waals surface area contributed by atoms with Crippen molar-refractivity contribution < 1.29 is 18.1 Å². The number of amides is 1. The second-order valence-electron chi connectivity index (χ2n) is 7.62. The summed E-state index contributed by atoms with van der Waals surface area (Å²) >= 11 is 0. The van der Waals surface area contributed by atoms with E-state index in [4.69, 9.17) is 4.52 Å². The van der Waals surface area contributed by atoms with Crippen molar-refractivity contribution in [2.24, 2.45) is 5.92 Å². The molecule has 0 fully saturated rings. The summed E-state index contributed by atoms with van der Waals surface area (Å²) in [5, 5.41) is 10.9. The first kappa shape index (κ1) is 22.3. The van der Waals surface area contributed by atoms with E-state index in [1.807, 2.05) is 20.8 Å². The third-order valence-corrected chi connectivity index (χ3v) is 4.86. The molecular formula is C22H24F2N4O3. The van der Waals surface area contributed by atoms with Crippen LogP contribution in [0.4, 0.5) is 8.78 Å². The van der Waals surface area contributed by atoms with Crippen LogP contribution in [-0.4, -0.2) is 26.9 Å². The van der Waals surface area contributed by atoms with Crippen LogP contribution in [-0.2, 0) is 13.0 Å². The molecule has 0 aliphatic carbocycles. The normalized spacial score (nSPS) is 12.2. The summed E-state index contributed by atoms with van der Waals surface area (Å²) in [6.07, 6.45) is 1.55. The Morgan fingerprint density at radius 1 is 1.16 bits per heavy atom. The molecule has 31 heavy (non-hydrogen) atoms. The topological polar surface area (TPSA) is 90.0 Å². The van der Waals surface area contributed by atoms with Crippen LogP contribution in [0.1, 0.15) is 43.4 Å². The fourth-order valence-corrected chi connectivity index (χ4v) is 3.03. The van der Waals surface area contributed by atoms with Crippen molar-refractivity contribution in [3.05, 3.63) is 69.8 Å². The van der Waals surface area contributed by atoms with Crippen molar-refractivity contribution in [2.75, 3.05) is 0 Å². The van der Waals surface area contributed by atoms with E-state index in [2.05, 4.69) is 15.6 Å². The van der Waals surface area contributed by atoms with Gasteiger partial charge in [-0.1, -0.05) is 25.9 Å². The highest BCUT2D eigenvalue weighted by atomic mass is 19.2. The van der Waals surface area contributed by atoms with Gasteiger partial charge >= 0.3 is 0 Å².